The van der Waals surface area contributed by atoms with E-state index in [9.17, 15) is 0 Å². The van der Waals surface area contributed by atoms with Crippen molar-refractivity contribution >= 4 is 40.8 Å². The van der Waals surface area contributed by atoms with E-state index in [-0.39, 0.29) is 24.0 Å². The molecule has 0 atom stereocenters. The van der Waals surface area contributed by atoms with Crippen molar-refractivity contribution in [3.8, 4) is 0 Å². The standard InChI is InChI=1S/C21H32N4O.HI/c1-5-22-21(23-12-17-6-8-26-9-7-17)24-13-18-10-14(2)11-19-15(3)16(4)25-20(18)19;/h10-11,17,25H,5-9,12-13H2,1-4H3,(H2,22,23,24);1H. The van der Waals surface area contributed by atoms with Gasteiger partial charge in [-0.25, -0.2) is 4.99 Å². The van der Waals surface area contributed by atoms with E-state index >= 15 is 0 Å². The van der Waals surface area contributed by atoms with Gasteiger partial charge in [-0.1, -0.05) is 11.6 Å². The fourth-order valence-corrected chi connectivity index (χ4v) is 3.61. The molecule has 0 amide bonds. The van der Waals surface area contributed by atoms with Crippen molar-refractivity contribution in [2.45, 2.75) is 47.1 Å². The maximum atomic E-state index is 5.45. The van der Waals surface area contributed by atoms with Crippen LogP contribution in [0, 0.1) is 26.7 Å². The Morgan fingerprint density at radius 3 is 2.63 bits per heavy atom. The summed E-state index contributed by atoms with van der Waals surface area (Å²) in [6.45, 7) is 12.8. The fraction of sp³-hybridized carbons (Fsp3) is 0.571. The molecule has 3 N–H and O–H groups in total. The summed E-state index contributed by atoms with van der Waals surface area (Å²) in [5.74, 6) is 1.57. The SMILES string of the molecule is CCNC(=NCc1cc(C)cc2c(C)c(C)[nH]c12)NCC1CCOCC1.I. The van der Waals surface area contributed by atoms with Crippen molar-refractivity contribution in [3.05, 3.63) is 34.5 Å². The number of benzene rings is 1. The molecule has 0 spiro atoms. The summed E-state index contributed by atoms with van der Waals surface area (Å²) in [6.07, 6.45) is 2.26. The maximum Gasteiger partial charge on any atom is 0.191 e. The molecule has 0 saturated carbocycles. The van der Waals surface area contributed by atoms with Gasteiger partial charge in [0.2, 0.25) is 0 Å². The number of aryl methyl sites for hydroxylation is 3. The molecule has 150 valence electrons. The van der Waals surface area contributed by atoms with Crippen molar-refractivity contribution in [3.63, 3.8) is 0 Å². The summed E-state index contributed by atoms with van der Waals surface area (Å²) < 4.78 is 5.45. The summed E-state index contributed by atoms with van der Waals surface area (Å²) in [5, 5.41) is 8.20. The van der Waals surface area contributed by atoms with Crippen molar-refractivity contribution in [2.75, 3.05) is 26.3 Å². The van der Waals surface area contributed by atoms with Crippen LogP contribution >= 0.6 is 24.0 Å². The van der Waals surface area contributed by atoms with Crippen LogP contribution < -0.4 is 10.6 Å². The van der Waals surface area contributed by atoms with Crippen LogP contribution in [0.3, 0.4) is 0 Å². The van der Waals surface area contributed by atoms with Gasteiger partial charge in [-0.3, -0.25) is 0 Å². The number of hydrogen-bond acceptors (Lipinski definition) is 2. The Morgan fingerprint density at radius 1 is 1.19 bits per heavy atom. The first-order chi connectivity index (χ1) is 12.6. The summed E-state index contributed by atoms with van der Waals surface area (Å²) >= 11 is 0. The Labute approximate surface area is 179 Å². The zero-order valence-corrected chi connectivity index (χ0v) is 19.3. The predicted molar refractivity (Wildman–Crippen MR) is 124 cm³/mol. The zero-order chi connectivity index (χ0) is 18.5. The van der Waals surface area contributed by atoms with Crippen LogP contribution in [0.25, 0.3) is 10.9 Å². The van der Waals surface area contributed by atoms with Gasteiger partial charge in [0, 0.05) is 37.4 Å². The number of nitrogens with one attached hydrogen (secondary N) is 3. The van der Waals surface area contributed by atoms with Gasteiger partial charge in [-0.15, -0.1) is 24.0 Å². The van der Waals surface area contributed by atoms with Gasteiger partial charge in [0.05, 0.1) is 12.1 Å². The smallest absolute Gasteiger partial charge is 0.191 e. The first kappa shape index (κ1) is 22.0. The minimum atomic E-state index is 0. The molecule has 0 bridgehead atoms. The normalized spacial score (nSPS) is 15.6. The Balaban J connectivity index is 0.00000261. The molecule has 2 aromatic rings. The van der Waals surface area contributed by atoms with Crippen LogP contribution in [0.2, 0.25) is 0 Å². The molecule has 1 aliphatic rings. The van der Waals surface area contributed by atoms with Gasteiger partial charge < -0.3 is 20.4 Å². The molecule has 27 heavy (non-hydrogen) atoms. The van der Waals surface area contributed by atoms with Gasteiger partial charge in [-0.05, 0) is 63.6 Å². The molecule has 1 fully saturated rings. The number of guanidine groups is 1. The summed E-state index contributed by atoms with van der Waals surface area (Å²) in [5.41, 5.74) is 6.32. The van der Waals surface area contributed by atoms with E-state index in [0.717, 1.165) is 45.1 Å². The third-order valence-electron chi connectivity index (χ3n) is 5.29. The lowest BCUT2D eigenvalue weighted by atomic mass is 10.0. The lowest BCUT2D eigenvalue weighted by molar-refractivity contribution is 0.0675. The maximum absolute atomic E-state index is 5.45. The molecule has 0 aliphatic carbocycles. The summed E-state index contributed by atoms with van der Waals surface area (Å²) in [7, 11) is 0. The second kappa shape index (κ2) is 10.3. The second-order valence-electron chi connectivity index (χ2n) is 7.35. The number of H-pyrrole nitrogens is 1. The number of halogens is 1. The molecule has 6 heteroatoms. The molecule has 1 aromatic heterocycles. The number of hydrogen-bond donors (Lipinski definition) is 3. The summed E-state index contributed by atoms with van der Waals surface area (Å²) in [4.78, 5) is 8.38. The number of nitrogens with zero attached hydrogens (tertiary/aromatic N) is 1. The Kier molecular flexibility index (Phi) is 8.41. The Hall–Kier alpha value is -1.28. The highest BCUT2D eigenvalue weighted by atomic mass is 127. The summed E-state index contributed by atoms with van der Waals surface area (Å²) in [6, 6.07) is 4.50. The van der Waals surface area contributed by atoms with Crippen LogP contribution in [0.4, 0.5) is 0 Å². The van der Waals surface area contributed by atoms with E-state index < -0.39 is 0 Å². The van der Waals surface area contributed by atoms with Crippen LogP contribution in [0.5, 0.6) is 0 Å². The van der Waals surface area contributed by atoms with E-state index in [1.54, 1.807) is 0 Å². The molecular formula is C21H33IN4O. The second-order valence-corrected chi connectivity index (χ2v) is 7.35. The van der Waals surface area contributed by atoms with Crippen LogP contribution in [0.1, 0.15) is 42.1 Å². The molecule has 2 heterocycles. The number of ether oxygens (including phenoxy) is 1. The number of aliphatic imine (C=N–C) groups is 1. The first-order valence-electron chi connectivity index (χ1n) is 9.76. The van der Waals surface area contributed by atoms with Crippen LogP contribution in [-0.2, 0) is 11.3 Å². The van der Waals surface area contributed by atoms with Crippen molar-refractivity contribution < 1.29 is 4.74 Å². The highest BCUT2D eigenvalue weighted by Gasteiger charge is 2.14. The lowest BCUT2D eigenvalue weighted by Gasteiger charge is -2.23. The van der Waals surface area contributed by atoms with Gasteiger partial charge in [0.1, 0.15) is 0 Å². The third kappa shape index (κ3) is 5.60. The molecule has 0 radical (unpaired) electrons. The quantitative estimate of drug-likeness (QED) is 0.339. The Morgan fingerprint density at radius 2 is 1.93 bits per heavy atom. The average Bonchev–Trinajstić information content (AvgIpc) is 2.93. The van der Waals surface area contributed by atoms with E-state index in [4.69, 9.17) is 9.73 Å². The highest BCUT2D eigenvalue weighted by Crippen LogP contribution is 2.26. The van der Waals surface area contributed by atoms with E-state index in [2.05, 4.69) is 55.4 Å². The number of rotatable bonds is 5. The molecule has 1 aliphatic heterocycles. The van der Waals surface area contributed by atoms with Crippen LogP contribution in [0.15, 0.2) is 17.1 Å². The fourth-order valence-electron chi connectivity index (χ4n) is 3.61. The molecule has 1 saturated heterocycles. The average molecular weight is 484 g/mol. The number of aromatic amines is 1. The Bertz CT molecular complexity index is 778. The third-order valence-corrected chi connectivity index (χ3v) is 5.29. The van der Waals surface area contributed by atoms with E-state index in [0.29, 0.717) is 12.5 Å². The van der Waals surface area contributed by atoms with Crippen molar-refractivity contribution in [2.24, 2.45) is 10.9 Å². The monoisotopic (exact) mass is 484 g/mol. The predicted octanol–water partition coefficient (Wildman–Crippen LogP) is 4.19. The largest absolute Gasteiger partial charge is 0.381 e. The van der Waals surface area contributed by atoms with Gasteiger partial charge in [0.15, 0.2) is 5.96 Å². The molecular weight excluding hydrogens is 451 g/mol. The number of fused-ring (bicyclic) bond motifs is 1. The highest BCUT2D eigenvalue weighted by molar-refractivity contribution is 14.0. The van der Waals surface area contributed by atoms with Crippen LogP contribution in [-0.4, -0.2) is 37.2 Å². The molecule has 0 unspecified atom stereocenters. The minimum absolute atomic E-state index is 0. The zero-order valence-electron chi connectivity index (χ0n) is 16.9. The van der Waals surface area contributed by atoms with E-state index in [1.807, 2.05) is 0 Å². The molecule has 5 nitrogen and oxygen atoms in total. The first-order valence-corrected chi connectivity index (χ1v) is 9.76. The van der Waals surface area contributed by atoms with Crippen molar-refractivity contribution in [1.29, 1.82) is 0 Å². The molecule has 3 rings (SSSR count). The lowest BCUT2D eigenvalue weighted by Crippen LogP contribution is -2.40. The topological polar surface area (TPSA) is 61.4 Å². The minimum Gasteiger partial charge on any atom is -0.381 e. The van der Waals surface area contributed by atoms with Crippen molar-refractivity contribution in [1.82, 2.24) is 15.6 Å². The molecule has 1 aromatic carbocycles. The van der Waals surface area contributed by atoms with Gasteiger partial charge in [-0.2, -0.15) is 0 Å². The van der Waals surface area contributed by atoms with Gasteiger partial charge in [0.25, 0.3) is 0 Å². The number of aromatic nitrogens is 1. The van der Waals surface area contributed by atoms with Gasteiger partial charge >= 0.3 is 0 Å². The van der Waals surface area contributed by atoms with E-state index in [1.165, 1.54) is 33.3 Å².